The van der Waals surface area contributed by atoms with Crippen molar-refractivity contribution in [3.63, 3.8) is 0 Å². The van der Waals surface area contributed by atoms with E-state index in [2.05, 4.69) is 5.32 Å². The third kappa shape index (κ3) is 5.96. The molecule has 1 aliphatic rings. The molecular weight excluding hydrogens is 540 g/mol. The van der Waals surface area contributed by atoms with Gasteiger partial charge in [-0.15, -0.1) is 0 Å². The van der Waals surface area contributed by atoms with Crippen molar-refractivity contribution >= 4 is 21.6 Å². The summed E-state index contributed by atoms with van der Waals surface area (Å²) >= 11 is 0. The molecule has 12 heteroatoms. The van der Waals surface area contributed by atoms with E-state index >= 15 is 0 Å². The molecule has 0 fully saturated rings. The second-order valence-electron chi connectivity index (χ2n) is 8.76. The lowest BCUT2D eigenvalue weighted by Crippen LogP contribution is -2.41. The lowest BCUT2D eigenvalue weighted by atomic mass is 10.1. The molecule has 0 saturated carbocycles. The van der Waals surface area contributed by atoms with Crippen molar-refractivity contribution in [3.8, 4) is 34.5 Å². The van der Waals surface area contributed by atoms with Gasteiger partial charge in [-0.1, -0.05) is 6.07 Å². The second-order valence-corrected chi connectivity index (χ2v) is 10.6. The third-order valence-electron chi connectivity index (χ3n) is 6.33. The summed E-state index contributed by atoms with van der Waals surface area (Å²) in [6.45, 7) is 2.15. The topological polar surface area (TPSA) is 122 Å². The molecule has 1 aliphatic heterocycles. The maximum Gasteiger partial charge on any atom is 0.265 e. The quantitative estimate of drug-likeness (QED) is 0.368. The van der Waals surface area contributed by atoms with Crippen LogP contribution in [0, 0.1) is 0 Å². The van der Waals surface area contributed by atoms with Gasteiger partial charge in [0.1, 0.15) is 31.3 Å². The Kier molecular flexibility index (Phi) is 8.78. The molecule has 0 saturated heterocycles. The summed E-state index contributed by atoms with van der Waals surface area (Å²) in [7, 11) is 1.42. The van der Waals surface area contributed by atoms with E-state index in [0.29, 0.717) is 36.2 Å². The molecule has 4 rings (SSSR count). The second kappa shape index (κ2) is 12.2. The summed E-state index contributed by atoms with van der Waals surface area (Å²) in [6, 6.07) is 13.8. The number of hydrogen-bond acceptors (Lipinski definition) is 9. The third-order valence-corrected chi connectivity index (χ3v) is 8.08. The standard InChI is InChI=1S/C28H32N2O9S/c1-18(19-6-9-25-27(14-19)39-13-12-38-25)29-28(31)17-30(22-15-20(34-2)7-10-23(22)35-3)40(32,33)21-8-11-24(36-4)26(16-21)37-5/h6-11,14-16,18H,12-13,17H2,1-5H3,(H,29,31)/t18-/m1/s1. The van der Waals surface area contributed by atoms with Gasteiger partial charge >= 0.3 is 0 Å². The number of hydrogen-bond donors (Lipinski definition) is 1. The Morgan fingerprint density at radius 2 is 1.52 bits per heavy atom. The number of fused-ring (bicyclic) bond motifs is 1. The van der Waals surface area contributed by atoms with Gasteiger partial charge in [-0.3, -0.25) is 9.10 Å². The fraction of sp³-hybridized carbons (Fsp3) is 0.321. The number of nitrogens with one attached hydrogen (secondary N) is 1. The molecule has 11 nitrogen and oxygen atoms in total. The van der Waals surface area contributed by atoms with Crippen LogP contribution < -0.4 is 38.0 Å². The molecular formula is C28H32N2O9S. The summed E-state index contributed by atoms with van der Waals surface area (Å²) in [5.41, 5.74) is 0.893. The molecule has 1 atom stereocenters. The minimum atomic E-state index is -4.31. The van der Waals surface area contributed by atoms with E-state index in [1.54, 1.807) is 31.2 Å². The van der Waals surface area contributed by atoms with Crippen LogP contribution in [0.15, 0.2) is 59.5 Å². The van der Waals surface area contributed by atoms with Crippen LogP contribution >= 0.6 is 0 Å². The molecule has 3 aromatic rings. The number of methoxy groups -OCH3 is 4. The van der Waals surface area contributed by atoms with Crippen molar-refractivity contribution in [2.45, 2.75) is 17.9 Å². The fourth-order valence-corrected chi connectivity index (χ4v) is 5.67. The minimum absolute atomic E-state index is 0.109. The highest BCUT2D eigenvalue weighted by atomic mass is 32.2. The van der Waals surface area contributed by atoms with Gasteiger partial charge in [-0.2, -0.15) is 0 Å². The molecule has 0 aromatic heterocycles. The van der Waals surface area contributed by atoms with Crippen LogP contribution in [0.3, 0.4) is 0 Å². The van der Waals surface area contributed by atoms with Crippen molar-refractivity contribution < 1.29 is 41.6 Å². The molecule has 0 spiro atoms. The Hall–Kier alpha value is -4.32. The van der Waals surface area contributed by atoms with Crippen LogP contribution in [0.1, 0.15) is 18.5 Å². The number of nitrogens with zero attached hydrogens (tertiary/aromatic N) is 1. The molecule has 0 bridgehead atoms. The summed E-state index contributed by atoms with van der Waals surface area (Å²) in [5, 5.41) is 2.88. The van der Waals surface area contributed by atoms with Gasteiger partial charge in [0.15, 0.2) is 23.0 Å². The average molecular weight is 573 g/mol. The smallest absolute Gasteiger partial charge is 0.265 e. The number of benzene rings is 3. The first kappa shape index (κ1) is 28.7. The first-order valence-corrected chi connectivity index (χ1v) is 13.8. The van der Waals surface area contributed by atoms with Gasteiger partial charge in [0.2, 0.25) is 5.91 Å². The number of ether oxygens (including phenoxy) is 6. The molecule has 3 aromatic carbocycles. The number of amides is 1. The van der Waals surface area contributed by atoms with Crippen LogP contribution in [-0.4, -0.2) is 62.5 Å². The Bertz CT molecular complexity index is 1480. The molecule has 0 unspecified atom stereocenters. The monoisotopic (exact) mass is 572 g/mol. The van der Waals surface area contributed by atoms with Crippen LogP contribution in [0.25, 0.3) is 0 Å². The Balaban J connectivity index is 1.69. The van der Waals surface area contributed by atoms with Crippen LogP contribution in [0.5, 0.6) is 34.5 Å². The van der Waals surface area contributed by atoms with E-state index in [4.69, 9.17) is 28.4 Å². The van der Waals surface area contributed by atoms with Crippen LogP contribution in [0.4, 0.5) is 5.69 Å². The van der Waals surface area contributed by atoms with E-state index in [1.807, 2.05) is 6.07 Å². The number of anilines is 1. The van der Waals surface area contributed by atoms with Gasteiger partial charge in [-0.05, 0) is 48.9 Å². The molecule has 1 heterocycles. The van der Waals surface area contributed by atoms with Gasteiger partial charge in [0.05, 0.1) is 45.1 Å². The summed E-state index contributed by atoms with van der Waals surface area (Å²) in [5.74, 6) is 1.87. The minimum Gasteiger partial charge on any atom is -0.497 e. The Morgan fingerprint density at radius 1 is 0.850 bits per heavy atom. The van der Waals surface area contributed by atoms with Gasteiger partial charge in [0, 0.05) is 12.1 Å². The maximum absolute atomic E-state index is 14.0. The predicted octanol–water partition coefficient (Wildman–Crippen LogP) is 3.56. The van der Waals surface area contributed by atoms with E-state index in [-0.39, 0.29) is 22.1 Å². The molecule has 0 aliphatic carbocycles. The summed E-state index contributed by atoms with van der Waals surface area (Å²) in [6.07, 6.45) is 0. The fourth-order valence-electron chi connectivity index (χ4n) is 4.23. The normalized spacial score (nSPS) is 13.1. The highest BCUT2D eigenvalue weighted by Crippen LogP contribution is 2.38. The number of rotatable bonds is 11. The lowest BCUT2D eigenvalue weighted by molar-refractivity contribution is -0.120. The first-order chi connectivity index (χ1) is 19.2. The van der Waals surface area contributed by atoms with Gasteiger partial charge < -0.3 is 33.7 Å². The van der Waals surface area contributed by atoms with Crippen molar-refractivity contribution in [1.29, 1.82) is 0 Å². The molecule has 1 N–H and O–H groups in total. The van der Waals surface area contributed by atoms with E-state index < -0.39 is 28.5 Å². The van der Waals surface area contributed by atoms with Gasteiger partial charge in [0.25, 0.3) is 10.0 Å². The molecule has 0 radical (unpaired) electrons. The van der Waals surface area contributed by atoms with E-state index in [1.165, 1.54) is 52.7 Å². The molecule has 1 amide bonds. The zero-order valence-electron chi connectivity index (χ0n) is 22.9. The summed E-state index contributed by atoms with van der Waals surface area (Å²) < 4.78 is 61.6. The number of carbonyl (C=O) groups is 1. The maximum atomic E-state index is 14.0. The van der Waals surface area contributed by atoms with Crippen LogP contribution in [0.2, 0.25) is 0 Å². The highest BCUT2D eigenvalue weighted by Gasteiger charge is 2.31. The van der Waals surface area contributed by atoms with Crippen LogP contribution in [-0.2, 0) is 14.8 Å². The number of sulfonamides is 1. The number of carbonyl (C=O) groups excluding carboxylic acids is 1. The Labute approximate surface area is 233 Å². The molecule has 40 heavy (non-hydrogen) atoms. The highest BCUT2D eigenvalue weighted by molar-refractivity contribution is 7.92. The molecule has 214 valence electrons. The van der Waals surface area contributed by atoms with Crippen molar-refractivity contribution in [3.05, 3.63) is 60.2 Å². The van der Waals surface area contributed by atoms with E-state index in [0.717, 1.165) is 9.87 Å². The first-order valence-electron chi connectivity index (χ1n) is 12.4. The Morgan fingerprint density at radius 3 is 2.20 bits per heavy atom. The van der Waals surface area contributed by atoms with Crippen molar-refractivity contribution in [2.75, 3.05) is 52.5 Å². The predicted molar refractivity (Wildman–Crippen MR) is 148 cm³/mol. The SMILES string of the molecule is COc1ccc(OC)c(N(CC(=O)N[C@H](C)c2ccc3c(c2)OCCO3)S(=O)(=O)c2ccc(OC)c(OC)c2)c1. The average Bonchev–Trinajstić information content (AvgIpc) is 2.98. The van der Waals surface area contributed by atoms with Crippen molar-refractivity contribution in [1.82, 2.24) is 5.32 Å². The zero-order valence-corrected chi connectivity index (χ0v) is 23.7. The van der Waals surface area contributed by atoms with Crippen molar-refractivity contribution in [2.24, 2.45) is 0 Å². The van der Waals surface area contributed by atoms with E-state index in [9.17, 15) is 13.2 Å². The summed E-state index contributed by atoms with van der Waals surface area (Å²) in [4.78, 5) is 13.3. The zero-order chi connectivity index (χ0) is 28.9. The lowest BCUT2D eigenvalue weighted by Gasteiger charge is -2.27. The van der Waals surface area contributed by atoms with Gasteiger partial charge in [-0.25, -0.2) is 8.42 Å². The largest absolute Gasteiger partial charge is 0.497 e.